The van der Waals surface area contributed by atoms with E-state index in [2.05, 4.69) is 10.3 Å². The third-order valence-corrected chi connectivity index (χ3v) is 4.02. The molecule has 1 aliphatic rings. The van der Waals surface area contributed by atoms with Crippen LogP contribution in [0.25, 0.3) is 10.9 Å². The molecule has 0 bridgehead atoms. The van der Waals surface area contributed by atoms with Gasteiger partial charge in [0.15, 0.2) is 18.1 Å². The van der Waals surface area contributed by atoms with Crippen LogP contribution in [0.1, 0.15) is 0 Å². The summed E-state index contributed by atoms with van der Waals surface area (Å²) in [6.45, 7) is 0.0359. The molecule has 0 aliphatic carbocycles. The van der Waals surface area contributed by atoms with Gasteiger partial charge in [0.1, 0.15) is 11.3 Å². The molecule has 0 saturated heterocycles. The van der Waals surface area contributed by atoms with Crippen molar-refractivity contribution in [2.75, 3.05) is 18.7 Å². The zero-order valence-electron chi connectivity index (χ0n) is 13.0. The Morgan fingerprint density at radius 2 is 2.08 bits per heavy atom. The third kappa shape index (κ3) is 3.16. The van der Waals surface area contributed by atoms with Crippen molar-refractivity contribution >= 4 is 34.1 Å². The summed E-state index contributed by atoms with van der Waals surface area (Å²) < 4.78 is 16.1. The number of hydrogen-bond acceptors (Lipinski definition) is 5. The van der Waals surface area contributed by atoms with Crippen molar-refractivity contribution in [1.82, 2.24) is 4.98 Å². The highest BCUT2D eigenvalue weighted by atomic mass is 35.5. The highest BCUT2D eigenvalue weighted by Gasteiger charge is 2.14. The van der Waals surface area contributed by atoms with E-state index in [1.54, 1.807) is 42.6 Å². The zero-order valence-corrected chi connectivity index (χ0v) is 13.7. The van der Waals surface area contributed by atoms with Crippen LogP contribution >= 0.6 is 11.6 Å². The van der Waals surface area contributed by atoms with Gasteiger partial charge in [-0.05, 0) is 36.4 Å². The molecule has 2 aromatic carbocycles. The van der Waals surface area contributed by atoms with Gasteiger partial charge in [0.25, 0.3) is 5.91 Å². The second-order valence-electron chi connectivity index (χ2n) is 5.35. The van der Waals surface area contributed by atoms with E-state index in [0.29, 0.717) is 33.5 Å². The highest BCUT2D eigenvalue weighted by Crippen LogP contribution is 2.34. The van der Waals surface area contributed by atoms with Gasteiger partial charge in [0.2, 0.25) is 6.79 Å². The predicted molar refractivity (Wildman–Crippen MR) is 93.4 cm³/mol. The summed E-state index contributed by atoms with van der Waals surface area (Å²) in [5, 5.41) is 4.11. The minimum absolute atomic E-state index is 0.151. The predicted octanol–water partition coefficient (Wildman–Crippen LogP) is 3.63. The average Bonchev–Trinajstić information content (AvgIpc) is 3.09. The fourth-order valence-corrected chi connectivity index (χ4v) is 2.76. The minimum atomic E-state index is -0.294. The lowest BCUT2D eigenvalue weighted by Gasteiger charge is -2.10. The van der Waals surface area contributed by atoms with Crippen LogP contribution in [0.4, 0.5) is 5.69 Å². The van der Waals surface area contributed by atoms with Crippen LogP contribution in [0, 0.1) is 0 Å². The van der Waals surface area contributed by atoms with Crippen molar-refractivity contribution in [1.29, 1.82) is 0 Å². The first-order valence-electron chi connectivity index (χ1n) is 7.56. The summed E-state index contributed by atoms with van der Waals surface area (Å²) in [7, 11) is 0. The second-order valence-corrected chi connectivity index (χ2v) is 5.76. The first-order chi connectivity index (χ1) is 12.2. The SMILES string of the molecule is O=C(COc1ccc(Cl)c2cccnc12)Nc1ccc2c(c1)OCO2. The number of benzene rings is 2. The smallest absolute Gasteiger partial charge is 0.262 e. The molecule has 1 aromatic heterocycles. The number of ether oxygens (including phenoxy) is 3. The monoisotopic (exact) mass is 356 g/mol. The molecule has 0 saturated carbocycles. The van der Waals surface area contributed by atoms with Gasteiger partial charge < -0.3 is 19.5 Å². The summed E-state index contributed by atoms with van der Waals surface area (Å²) in [5.74, 6) is 1.47. The molecular weight excluding hydrogens is 344 g/mol. The van der Waals surface area contributed by atoms with Crippen LogP contribution in [0.5, 0.6) is 17.2 Å². The van der Waals surface area contributed by atoms with Crippen molar-refractivity contribution in [2.45, 2.75) is 0 Å². The Kier molecular flexibility index (Phi) is 4.03. The van der Waals surface area contributed by atoms with E-state index in [1.807, 2.05) is 6.07 Å². The van der Waals surface area contributed by atoms with Gasteiger partial charge in [-0.3, -0.25) is 9.78 Å². The van der Waals surface area contributed by atoms with Gasteiger partial charge in [-0.15, -0.1) is 0 Å². The van der Waals surface area contributed by atoms with Crippen LogP contribution in [0.15, 0.2) is 48.7 Å². The Hall–Kier alpha value is -2.99. The number of carbonyl (C=O) groups excluding carboxylic acids is 1. The molecule has 3 aromatic rings. The Morgan fingerprint density at radius 1 is 1.20 bits per heavy atom. The van der Waals surface area contributed by atoms with E-state index in [1.165, 1.54) is 0 Å². The van der Waals surface area contributed by atoms with E-state index < -0.39 is 0 Å². The van der Waals surface area contributed by atoms with Crippen LogP contribution in [-0.4, -0.2) is 24.3 Å². The summed E-state index contributed by atoms with van der Waals surface area (Å²) in [6.07, 6.45) is 1.65. The standard InChI is InChI=1S/C18H13ClN2O4/c19-13-4-6-15(18-12(13)2-1-7-20-18)23-9-17(22)21-11-3-5-14-16(8-11)25-10-24-14/h1-8H,9-10H2,(H,21,22). The summed E-state index contributed by atoms with van der Waals surface area (Å²) in [4.78, 5) is 16.4. The molecule has 0 unspecified atom stereocenters. The Labute approximate surface area is 148 Å². The van der Waals surface area contributed by atoms with Crippen LogP contribution in [-0.2, 0) is 4.79 Å². The molecular formula is C18H13ClN2O4. The number of nitrogens with zero attached hydrogens (tertiary/aromatic N) is 1. The lowest BCUT2D eigenvalue weighted by atomic mass is 10.2. The Balaban J connectivity index is 1.45. The highest BCUT2D eigenvalue weighted by molar-refractivity contribution is 6.35. The topological polar surface area (TPSA) is 69.7 Å². The fourth-order valence-electron chi connectivity index (χ4n) is 2.54. The van der Waals surface area contributed by atoms with Gasteiger partial charge in [0.05, 0.1) is 5.02 Å². The quantitative estimate of drug-likeness (QED) is 0.773. The fraction of sp³-hybridized carbons (Fsp3) is 0.111. The van der Waals surface area contributed by atoms with E-state index in [0.717, 1.165) is 5.39 Å². The number of carbonyl (C=O) groups is 1. The molecule has 0 spiro atoms. The van der Waals surface area contributed by atoms with Gasteiger partial charge >= 0.3 is 0 Å². The van der Waals surface area contributed by atoms with E-state index in [-0.39, 0.29) is 19.3 Å². The number of aromatic nitrogens is 1. The molecule has 4 rings (SSSR count). The van der Waals surface area contributed by atoms with Gasteiger partial charge in [-0.2, -0.15) is 0 Å². The van der Waals surface area contributed by atoms with Gasteiger partial charge in [-0.25, -0.2) is 0 Å². The maximum atomic E-state index is 12.1. The first kappa shape index (κ1) is 15.5. The lowest BCUT2D eigenvalue weighted by molar-refractivity contribution is -0.118. The number of fused-ring (bicyclic) bond motifs is 2. The number of pyridine rings is 1. The largest absolute Gasteiger partial charge is 0.481 e. The molecule has 7 heteroatoms. The van der Waals surface area contributed by atoms with Gasteiger partial charge in [0, 0.05) is 23.3 Å². The molecule has 1 N–H and O–H groups in total. The van der Waals surface area contributed by atoms with Crippen LogP contribution in [0.3, 0.4) is 0 Å². The van der Waals surface area contributed by atoms with E-state index in [4.69, 9.17) is 25.8 Å². The van der Waals surface area contributed by atoms with Crippen LogP contribution < -0.4 is 19.5 Å². The summed E-state index contributed by atoms with van der Waals surface area (Å²) in [6, 6.07) is 12.3. The molecule has 1 amide bonds. The van der Waals surface area contributed by atoms with Crippen LogP contribution in [0.2, 0.25) is 5.02 Å². The Morgan fingerprint density at radius 3 is 3.00 bits per heavy atom. The maximum Gasteiger partial charge on any atom is 0.262 e. The van der Waals surface area contributed by atoms with Crippen molar-refractivity contribution < 1.29 is 19.0 Å². The van der Waals surface area contributed by atoms with Crippen molar-refractivity contribution in [3.63, 3.8) is 0 Å². The molecule has 25 heavy (non-hydrogen) atoms. The van der Waals surface area contributed by atoms with E-state index >= 15 is 0 Å². The third-order valence-electron chi connectivity index (χ3n) is 3.69. The number of halogens is 1. The van der Waals surface area contributed by atoms with Crippen molar-refractivity contribution in [3.05, 3.63) is 53.7 Å². The van der Waals surface area contributed by atoms with Crippen molar-refractivity contribution in [3.8, 4) is 17.2 Å². The van der Waals surface area contributed by atoms with E-state index in [9.17, 15) is 4.79 Å². The number of amides is 1. The van der Waals surface area contributed by atoms with Gasteiger partial charge in [-0.1, -0.05) is 11.6 Å². The lowest BCUT2D eigenvalue weighted by Crippen LogP contribution is -2.20. The Bertz CT molecular complexity index is 961. The van der Waals surface area contributed by atoms with Crippen molar-refractivity contribution in [2.24, 2.45) is 0 Å². The minimum Gasteiger partial charge on any atom is -0.481 e. The first-order valence-corrected chi connectivity index (χ1v) is 7.94. The molecule has 1 aliphatic heterocycles. The number of rotatable bonds is 4. The normalized spacial score (nSPS) is 12.2. The summed E-state index contributed by atoms with van der Waals surface area (Å²) in [5.41, 5.74) is 1.22. The molecule has 0 atom stereocenters. The molecule has 0 radical (unpaired) electrons. The average molecular weight is 357 g/mol. The maximum absolute atomic E-state index is 12.1. The second kappa shape index (κ2) is 6.49. The molecule has 126 valence electrons. The number of anilines is 1. The molecule has 2 heterocycles. The molecule has 0 fully saturated rings. The zero-order chi connectivity index (χ0) is 17.2. The summed E-state index contributed by atoms with van der Waals surface area (Å²) >= 11 is 6.15. The number of nitrogens with one attached hydrogen (secondary N) is 1. The molecule has 6 nitrogen and oxygen atoms in total. The number of hydrogen-bond donors (Lipinski definition) is 1.